The van der Waals surface area contributed by atoms with Crippen molar-refractivity contribution in [1.82, 2.24) is 0 Å². The van der Waals surface area contributed by atoms with E-state index in [0.717, 1.165) is 0 Å². The van der Waals surface area contributed by atoms with Gasteiger partial charge in [0.05, 0.1) is 25.3 Å². The second-order valence-electron chi connectivity index (χ2n) is 5.70. The molecule has 0 aromatic rings. The van der Waals surface area contributed by atoms with Crippen LogP contribution in [0.2, 0.25) is 0 Å². The van der Waals surface area contributed by atoms with E-state index in [2.05, 4.69) is 0 Å². The maximum absolute atomic E-state index is 10.1. The van der Waals surface area contributed by atoms with E-state index >= 15 is 0 Å². The molecule has 2 fully saturated rings. The van der Waals surface area contributed by atoms with Crippen LogP contribution in [-0.4, -0.2) is 105 Å². The predicted molar refractivity (Wildman–Crippen MR) is 72.6 cm³/mol. The van der Waals surface area contributed by atoms with Gasteiger partial charge in [-0.1, -0.05) is 0 Å². The minimum absolute atomic E-state index is 0.581. The van der Waals surface area contributed by atoms with Gasteiger partial charge in [0.25, 0.3) is 0 Å². The van der Waals surface area contributed by atoms with E-state index in [-0.39, 0.29) is 0 Å². The van der Waals surface area contributed by atoms with Crippen molar-refractivity contribution in [3.05, 3.63) is 0 Å². The first kappa shape index (κ1) is 18.9. The van der Waals surface area contributed by atoms with Gasteiger partial charge in [0.1, 0.15) is 36.6 Å². The lowest BCUT2D eigenvalue weighted by Gasteiger charge is -2.45. The average Bonchev–Trinajstić information content (AvgIpc) is 2.55. The second kappa shape index (κ2) is 7.63. The first-order valence-electron chi connectivity index (χ1n) is 7.23. The molecule has 11 heteroatoms. The quantitative estimate of drug-likeness (QED) is 0.242. The van der Waals surface area contributed by atoms with Gasteiger partial charge in [-0.25, -0.2) is 0 Å². The highest BCUT2D eigenvalue weighted by atomic mass is 16.7. The Bertz CT molecular complexity index is 386. The summed E-state index contributed by atoms with van der Waals surface area (Å²) in [5.41, 5.74) is 11.3. The molecule has 0 radical (unpaired) electrons. The summed E-state index contributed by atoms with van der Waals surface area (Å²) in [5.74, 6) is 0. The zero-order valence-electron chi connectivity index (χ0n) is 12.3. The van der Waals surface area contributed by atoms with Crippen molar-refractivity contribution in [1.29, 1.82) is 0 Å². The van der Waals surface area contributed by atoms with E-state index in [0.29, 0.717) is 0 Å². The number of hydrogen-bond acceptors (Lipinski definition) is 11. The summed E-state index contributed by atoms with van der Waals surface area (Å²) in [5, 5.41) is 57.7. The number of aliphatic hydroxyl groups is 6. The fourth-order valence-corrected chi connectivity index (χ4v) is 2.65. The van der Waals surface area contributed by atoms with Gasteiger partial charge in [-0.2, -0.15) is 0 Å². The lowest BCUT2D eigenvalue weighted by atomic mass is 9.95. The van der Waals surface area contributed by atoms with Crippen LogP contribution in [0.25, 0.3) is 0 Å². The van der Waals surface area contributed by atoms with Crippen molar-refractivity contribution in [2.45, 2.75) is 61.3 Å². The van der Waals surface area contributed by atoms with Crippen molar-refractivity contribution >= 4 is 0 Å². The van der Waals surface area contributed by atoms with Crippen LogP contribution in [0.5, 0.6) is 0 Å². The molecular formula is C12H24N2O9. The summed E-state index contributed by atoms with van der Waals surface area (Å²) >= 11 is 0. The van der Waals surface area contributed by atoms with Gasteiger partial charge < -0.3 is 56.3 Å². The highest BCUT2D eigenvalue weighted by Crippen LogP contribution is 2.27. The number of nitrogens with two attached hydrogens (primary N) is 2. The molecule has 2 saturated heterocycles. The Kier molecular flexibility index (Phi) is 6.27. The Morgan fingerprint density at radius 1 is 0.783 bits per heavy atom. The summed E-state index contributed by atoms with van der Waals surface area (Å²) in [6.07, 6.45) is -10.5. The molecule has 2 rings (SSSR count). The van der Waals surface area contributed by atoms with E-state index in [1.807, 2.05) is 0 Å². The summed E-state index contributed by atoms with van der Waals surface area (Å²) in [7, 11) is 0. The lowest BCUT2D eigenvalue weighted by Crippen LogP contribution is -2.67. The Morgan fingerprint density at radius 2 is 1.39 bits per heavy atom. The van der Waals surface area contributed by atoms with Crippen LogP contribution in [0, 0.1) is 0 Å². The average molecular weight is 340 g/mol. The SMILES string of the molecule is N[C@@H]1[C@@H](O)[C@H](O[C@@H]2O[C@H](CO)[C@@H](O)[C@H](O)[C@H]2N)[C@H](CO)O[C@H]1O. The molecule has 0 aromatic heterocycles. The summed E-state index contributed by atoms with van der Waals surface area (Å²) in [4.78, 5) is 0. The molecule has 0 unspecified atom stereocenters. The van der Waals surface area contributed by atoms with Crippen LogP contribution in [0.3, 0.4) is 0 Å². The number of rotatable bonds is 4. The van der Waals surface area contributed by atoms with Crippen LogP contribution >= 0.6 is 0 Å². The summed E-state index contributed by atoms with van der Waals surface area (Å²) < 4.78 is 15.8. The minimum Gasteiger partial charge on any atom is -0.394 e. The van der Waals surface area contributed by atoms with Gasteiger partial charge in [0.15, 0.2) is 12.6 Å². The zero-order valence-corrected chi connectivity index (χ0v) is 12.3. The molecule has 0 aliphatic carbocycles. The van der Waals surface area contributed by atoms with Gasteiger partial charge >= 0.3 is 0 Å². The van der Waals surface area contributed by atoms with Crippen LogP contribution in [0.4, 0.5) is 0 Å². The first-order chi connectivity index (χ1) is 10.8. The fourth-order valence-electron chi connectivity index (χ4n) is 2.65. The molecule has 10 N–H and O–H groups in total. The topological polar surface area (TPSA) is 201 Å². The third-order valence-electron chi connectivity index (χ3n) is 4.14. The molecular weight excluding hydrogens is 316 g/mol. The van der Waals surface area contributed by atoms with E-state index in [4.69, 9.17) is 30.8 Å². The maximum atomic E-state index is 10.1. The molecule has 2 heterocycles. The lowest BCUT2D eigenvalue weighted by molar-refractivity contribution is -0.324. The van der Waals surface area contributed by atoms with Crippen molar-refractivity contribution < 1.29 is 44.8 Å². The molecule has 0 bridgehead atoms. The van der Waals surface area contributed by atoms with Crippen molar-refractivity contribution in [3.63, 3.8) is 0 Å². The molecule has 0 aromatic carbocycles. The van der Waals surface area contributed by atoms with E-state index in [1.54, 1.807) is 0 Å². The smallest absolute Gasteiger partial charge is 0.176 e. The third-order valence-corrected chi connectivity index (χ3v) is 4.14. The highest BCUT2D eigenvalue weighted by molar-refractivity contribution is 4.95. The van der Waals surface area contributed by atoms with Crippen LogP contribution in [0.15, 0.2) is 0 Å². The number of hydrogen-bond donors (Lipinski definition) is 8. The Morgan fingerprint density at radius 3 is 1.96 bits per heavy atom. The van der Waals surface area contributed by atoms with Crippen LogP contribution in [-0.2, 0) is 14.2 Å². The standard InChI is InChI=1S/C12H24N2O9/c13-5-9(19)10(4(2-16)21-11(5)20)23-12-6(14)8(18)7(17)3(1-15)22-12/h3-12,15-20H,1-2,13-14H2/t3-,4+,5-,6-,7-,8-,9-,10-,11-,12+/m1/s1. The first-order valence-corrected chi connectivity index (χ1v) is 7.23. The Hall–Kier alpha value is -0.440. The largest absolute Gasteiger partial charge is 0.394 e. The molecule has 0 saturated carbocycles. The van der Waals surface area contributed by atoms with Gasteiger partial charge in [-0.05, 0) is 0 Å². The number of ether oxygens (including phenoxy) is 3. The van der Waals surface area contributed by atoms with Crippen LogP contribution in [0.1, 0.15) is 0 Å². The molecule has 23 heavy (non-hydrogen) atoms. The monoisotopic (exact) mass is 340 g/mol. The zero-order chi connectivity index (χ0) is 17.3. The summed E-state index contributed by atoms with van der Waals surface area (Å²) in [6, 6.07) is -2.37. The van der Waals surface area contributed by atoms with Gasteiger partial charge in [0.2, 0.25) is 0 Å². The van der Waals surface area contributed by atoms with Gasteiger partial charge in [-0.15, -0.1) is 0 Å². The van der Waals surface area contributed by atoms with Gasteiger partial charge in [0, 0.05) is 0 Å². The predicted octanol–water partition coefficient (Wildman–Crippen LogP) is -5.46. The molecule has 0 amide bonds. The molecule has 11 nitrogen and oxygen atoms in total. The van der Waals surface area contributed by atoms with Gasteiger partial charge in [-0.3, -0.25) is 0 Å². The van der Waals surface area contributed by atoms with E-state index in [1.165, 1.54) is 0 Å². The molecule has 2 aliphatic rings. The van der Waals surface area contributed by atoms with Crippen molar-refractivity contribution in [2.24, 2.45) is 11.5 Å². The fraction of sp³-hybridized carbons (Fsp3) is 1.00. The third kappa shape index (κ3) is 3.65. The Labute approximate surface area is 132 Å². The highest BCUT2D eigenvalue weighted by Gasteiger charge is 2.49. The summed E-state index contributed by atoms with van der Waals surface area (Å²) in [6.45, 7) is -1.17. The van der Waals surface area contributed by atoms with E-state index < -0.39 is 74.5 Å². The second-order valence-corrected chi connectivity index (χ2v) is 5.70. The normalized spacial score (nSPS) is 51.7. The minimum atomic E-state index is -1.49. The molecule has 136 valence electrons. The molecule has 10 atom stereocenters. The van der Waals surface area contributed by atoms with Crippen molar-refractivity contribution in [3.8, 4) is 0 Å². The molecule has 2 aliphatic heterocycles. The van der Waals surface area contributed by atoms with Crippen LogP contribution < -0.4 is 11.5 Å². The number of aliphatic hydroxyl groups excluding tert-OH is 6. The maximum Gasteiger partial charge on any atom is 0.176 e. The van der Waals surface area contributed by atoms with Crippen molar-refractivity contribution in [2.75, 3.05) is 13.2 Å². The molecule has 0 spiro atoms. The Balaban J connectivity index is 2.11. The van der Waals surface area contributed by atoms with E-state index in [9.17, 15) is 25.5 Å².